The van der Waals surface area contributed by atoms with Crippen LogP contribution >= 0.6 is 0 Å². The van der Waals surface area contributed by atoms with Crippen LogP contribution in [0.4, 0.5) is 0 Å². The second kappa shape index (κ2) is 6.99. The van der Waals surface area contributed by atoms with Gasteiger partial charge in [0.05, 0.1) is 6.54 Å². The highest BCUT2D eigenvalue weighted by atomic mass is 16.5. The van der Waals surface area contributed by atoms with E-state index in [0.717, 1.165) is 5.56 Å². The monoisotopic (exact) mass is 362 g/mol. The Kier molecular flexibility index (Phi) is 4.37. The smallest absolute Gasteiger partial charge is 0.258 e. The maximum atomic E-state index is 12.2. The standard InChI is InChI=1S/C19H18N6O2/c1-12(2)17-21-19(27-24-17)14-8-9-25-15(10-14)22-23-16(25)11-20-18(26)13-6-4-3-5-7-13/h3-10,12H,11H2,1-2H3,(H,20,26). The minimum atomic E-state index is -0.156. The first kappa shape index (κ1) is 16.9. The molecule has 0 aliphatic carbocycles. The van der Waals surface area contributed by atoms with Crippen LogP contribution in [0, 0.1) is 0 Å². The molecule has 136 valence electrons. The van der Waals surface area contributed by atoms with Gasteiger partial charge in [-0.2, -0.15) is 4.98 Å². The molecule has 0 unspecified atom stereocenters. The number of pyridine rings is 1. The number of fused-ring (bicyclic) bond motifs is 1. The Labute approximate surface area is 155 Å². The molecule has 0 aliphatic heterocycles. The van der Waals surface area contributed by atoms with E-state index in [-0.39, 0.29) is 18.4 Å². The molecule has 27 heavy (non-hydrogen) atoms. The van der Waals surface area contributed by atoms with Gasteiger partial charge in [0.15, 0.2) is 17.3 Å². The number of carbonyl (C=O) groups excluding carboxylic acids is 1. The predicted molar refractivity (Wildman–Crippen MR) is 98.0 cm³/mol. The predicted octanol–water partition coefficient (Wildman–Crippen LogP) is 2.83. The number of nitrogens with zero attached hydrogens (tertiary/aromatic N) is 5. The Bertz CT molecular complexity index is 1080. The lowest BCUT2D eigenvalue weighted by Crippen LogP contribution is -2.23. The summed E-state index contributed by atoms with van der Waals surface area (Å²) in [6.45, 7) is 4.28. The first-order chi connectivity index (χ1) is 13.1. The zero-order chi connectivity index (χ0) is 18.8. The van der Waals surface area contributed by atoms with Gasteiger partial charge in [-0.25, -0.2) is 0 Å². The number of carbonyl (C=O) groups is 1. The molecule has 8 nitrogen and oxygen atoms in total. The highest BCUT2D eigenvalue weighted by Gasteiger charge is 2.14. The van der Waals surface area contributed by atoms with Crippen molar-refractivity contribution in [1.29, 1.82) is 0 Å². The molecule has 0 atom stereocenters. The molecule has 4 aromatic rings. The summed E-state index contributed by atoms with van der Waals surface area (Å²) in [4.78, 5) is 16.6. The van der Waals surface area contributed by atoms with Crippen molar-refractivity contribution in [2.24, 2.45) is 0 Å². The Morgan fingerprint density at radius 1 is 1.19 bits per heavy atom. The van der Waals surface area contributed by atoms with Crippen LogP contribution in [0.5, 0.6) is 0 Å². The van der Waals surface area contributed by atoms with Gasteiger partial charge in [-0.3, -0.25) is 9.20 Å². The zero-order valence-electron chi connectivity index (χ0n) is 15.0. The number of rotatable bonds is 5. The normalized spacial score (nSPS) is 11.2. The summed E-state index contributed by atoms with van der Waals surface area (Å²) in [5.41, 5.74) is 2.01. The van der Waals surface area contributed by atoms with Gasteiger partial charge in [0.25, 0.3) is 11.8 Å². The molecular formula is C19H18N6O2. The molecule has 1 aromatic carbocycles. The van der Waals surface area contributed by atoms with E-state index in [2.05, 4.69) is 25.7 Å². The van der Waals surface area contributed by atoms with E-state index in [9.17, 15) is 4.79 Å². The Morgan fingerprint density at radius 3 is 2.74 bits per heavy atom. The van der Waals surface area contributed by atoms with Gasteiger partial charge < -0.3 is 9.84 Å². The van der Waals surface area contributed by atoms with Crippen LogP contribution in [0.25, 0.3) is 17.1 Å². The van der Waals surface area contributed by atoms with Gasteiger partial charge in [-0.1, -0.05) is 37.2 Å². The molecule has 1 amide bonds. The average molecular weight is 362 g/mol. The van der Waals surface area contributed by atoms with Gasteiger partial charge in [0.1, 0.15) is 0 Å². The molecule has 0 radical (unpaired) electrons. The van der Waals surface area contributed by atoms with Crippen LogP contribution in [-0.2, 0) is 6.54 Å². The third kappa shape index (κ3) is 3.41. The Morgan fingerprint density at radius 2 is 2.00 bits per heavy atom. The van der Waals surface area contributed by atoms with Gasteiger partial charge in [-0.05, 0) is 24.3 Å². The lowest BCUT2D eigenvalue weighted by Gasteiger charge is -2.04. The molecule has 0 saturated heterocycles. The molecule has 1 N–H and O–H groups in total. The van der Waals surface area contributed by atoms with E-state index in [4.69, 9.17) is 4.52 Å². The third-order valence-electron chi connectivity index (χ3n) is 4.13. The summed E-state index contributed by atoms with van der Waals surface area (Å²) < 4.78 is 7.13. The summed E-state index contributed by atoms with van der Waals surface area (Å²) in [6.07, 6.45) is 1.83. The molecular weight excluding hydrogens is 344 g/mol. The van der Waals surface area contributed by atoms with Crippen LogP contribution in [-0.4, -0.2) is 30.6 Å². The molecule has 3 heterocycles. The molecule has 0 aliphatic rings. The quantitative estimate of drug-likeness (QED) is 0.586. The summed E-state index contributed by atoms with van der Waals surface area (Å²) in [5, 5.41) is 15.2. The number of aromatic nitrogens is 5. The van der Waals surface area contributed by atoms with Crippen molar-refractivity contribution in [3.05, 3.63) is 65.9 Å². The summed E-state index contributed by atoms with van der Waals surface area (Å²) >= 11 is 0. The summed E-state index contributed by atoms with van der Waals surface area (Å²) in [7, 11) is 0. The van der Waals surface area contributed by atoms with Crippen LogP contribution < -0.4 is 5.32 Å². The molecule has 0 spiro atoms. The maximum absolute atomic E-state index is 12.2. The van der Waals surface area contributed by atoms with Crippen LogP contribution in [0.3, 0.4) is 0 Å². The summed E-state index contributed by atoms with van der Waals surface area (Å²) in [6, 6.07) is 12.7. The van der Waals surface area contributed by atoms with Crippen molar-refractivity contribution >= 4 is 11.6 Å². The van der Waals surface area contributed by atoms with Crippen molar-refractivity contribution in [1.82, 2.24) is 30.1 Å². The van der Waals surface area contributed by atoms with Gasteiger partial charge in [0, 0.05) is 23.2 Å². The molecule has 0 bridgehead atoms. The lowest BCUT2D eigenvalue weighted by molar-refractivity contribution is 0.0950. The molecule has 4 rings (SSSR count). The number of hydrogen-bond donors (Lipinski definition) is 1. The average Bonchev–Trinajstić information content (AvgIpc) is 3.34. The van der Waals surface area contributed by atoms with Crippen molar-refractivity contribution in [3.63, 3.8) is 0 Å². The highest BCUT2D eigenvalue weighted by Crippen LogP contribution is 2.21. The van der Waals surface area contributed by atoms with E-state index in [1.165, 1.54) is 0 Å². The van der Waals surface area contributed by atoms with Crippen LogP contribution in [0.1, 0.15) is 41.8 Å². The number of amides is 1. The Balaban J connectivity index is 1.53. The number of hydrogen-bond acceptors (Lipinski definition) is 6. The fourth-order valence-electron chi connectivity index (χ4n) is 2.63. The molecule has 0 saturated carbocycles. The van der Waals surface area contributed by atoms with Crippen molar-refractivity contribution in [2.45, 2.75) is 26.3 Å². The third-order valence-corrected chi connectivity index (χ3v) is 4.13. The number of benzene rings is 1. The van der Waals surface area contributed by atoms with E-state index in [1.807, 2.05) is 54.8 Å². The first-order valence-corrected chi connectivity index (χ1v) is 8.62. The molecule has 8 heteroatoms. The topological polar surface area (TPSA) is 98.2 Å². The zero-order valence-corrected chi connectivity index (χ0v) is 15.0. The number of nitrogens with one attached hydrogen (secondary N) is 1. The van der Waals surface area contributed by atoms with Gasteiger partial charge >= 0.3 is 0 Å². The van der Waals surface area contributed by atoms with Gasteiger partial charge in [-0.15, -0.1) is 10.2 Å². The van der Waals surface area contributed by atoms with E-state index >= 15 is 0 Å². The minimum absolute atomic E-state index is 0.156. The molecule has 0 fully saturated rings. The van der Waals surface area contributed by atoms with Crippen molar-refractivity contribution in [2.75, 3.05) is 0 Å². The van der Waals surface area contributed by atoms with Gasteiger partial charge in [0.2, 0.25) is 0 Å². The fourth-order valence-corrected chi connectivity index (χ4v) is 2.63. The van der Waals surface area contributed by atoms with E-state index in [0.29, 0.717) is 28.8 Å². The Hall–Kier alpha value is -3.55. The first-order valence-electron chi connectivity index (χ1n) is 8.62. The second-order valence-corrected chi connectivity index (χ2v) is 6.42. The van der Waals surface area contributed by atoms with Crippen molar-refractivity contribution in [3.8, 4) is 11.5 Å². The molecule has 3 aromatic heterocycles. The SMILES string of the molecule is CC(C)c1noc(-c2ccn3c(CNC(=O)c4ccccc4)nnc3c2)n1. The lowest BCUT2D eigenvalue weighted by atomic mass is 10.2. The fraction of sp³-hybridized carbons (Fsp3) is 0.211. The minimum Gasteiger partial charge on any atom is -0.345 e. The second-order valence-electron chi connectivity index (χ2n) is 6.42. The van der Waals surface area contributed by atoms with Crippen molar-refractivity contribution < 1.29 is 9.32 Å². The maximum Gasteiger partial charge on any atom is 0.258 e. The largest absolute Gasteiger partial charge is 0.345 e. The highest BCUT2D eigenvalue weighted by molar-refractivity contribution is 5.94. The summed E-state index contributed by atoms with van der Waals surface area (Å²) in [5.74, 6) is 1.78. The van der Waals surface area contributed by atoms with E-state index < -0.39 is 0 Å². The van der Waals surface area contributed by atoms with Crippen LogP contribution in [0.2, 0.25) is 0 Å². The van der Waals surface area contributed by atoms with E-state index in [1.54, 1.807) is 12.1 Å². The van der Waals surface area contributed by atoms with Crippen LogP contribution in [0.15, 0.2) is 53.2 Å².